The second-order valence-corrected chi connectivity index (χ2v) is 17.8. The topological polar surface area (TPSA) is 71.1 Å². The number of carbonyl (C=O) groups excluding carboxylic acids is 2. The van der Waals surface area contributed by atoms with Gasteiger partial charge < -0.3 is 18.6 Å². The summed E-state index contributed by atoms with van der Waals surface area (Å²) >= 11 is 3.71. The van der Waals surface area contributed by atoms with Gasteiger partial charge in [-0.3, -0.25) is 9.59 Å². The lowest BCUT2D eigenvalue weighted by molar-refractivity contribution is -0.195. The highest BCUT2D eigenvalue weighted by Gasteiger charge is 2.55. The number of ether oxygens (including phenoxy) is 3. The largest absolute Gasteiger partial charge is 0.455 e. The van der Waals surface area contributed by atoms with E-state index in [1.807, 2.05) is 35.7 Å². The SMILES string of the molecule is CC(=O)O[C@@H]1O[C@H](CO[Si](c2ccccc2)(c2ccccc2)C(C)(C)C)[C@@H](C2SCCCS2)[C@H]1OC(C)=O. The Morgan fingerprint density at radius 1 is 0.895 bits per heavy atom. The Bertz CT molecular complexity index is 1030. The van der Waals surface area contributed by atoms with Gasteiger partial charge >= 0.3 is 11.9 Å². The van der Waals surface area contributed by atoms with Crippen molar-refractivity contribution < 1.29 is 28.2 Å². The molecule has 206 valence electrons. The van der Waals surface area contributed by atoms with E-state index in [2.05, 4.69) is 69.3 Å². The highest BCUT2D eigenvalue weighted by Crippen LogP contribution is 2.46. The number of benzene rings is 2. The number of esters is 2. The number of carbonyl (C=O) groups is 2. The van der Waals surface area contributed by atoms with Gasteiger partial charge in [-0.1, -0.05) is 81.4 Å². The van der Waals surface area contributed by atoms with Crippen LogP contribution in [-0.4, -0.2) is 61.4 Å². The van der Waals surface area contributed by atoms with Crippen molar-refractivity contribution in [3.05, 3.63) is 60.7 Å². The van der Waals surface area contributed by atoms with E-state index < -0.39 is 38.8 Å². The Hall–Kier alpha value is -1.78. The zero-order chi connectivity index (χ0) is 27.3. The van der Waals surface area contributed by atoms with E-state index in [-0.39, 0.29) is 15.5 Å². The maximum Gasteiger partial charge on any atom is 0.305 e. The molecule has 0 N–H and O–H groups in total. The number of hydrogen-bond acceptors (Lipinski definition) is 8. The van der Waals surface area contributed by atoms with Crippen molar-refractivity contribution in [2.24, 2.45) is 5.92 Å². The Balaban J connectivity index is 1.73. The molecular weight excluding hydrogens is 537 g/mol. The van der Waals surface area contributed by atoms with E-state index in [0.717, 1.165) is 17.9 Å². The van der Waals surface area contributed by atoms with Gasteiger partial charge in [0.15, 0.2) is 6.10 Å². The molecule has 0 bridgehead atoms. The monoisotopic (exact) mass is 574 g/mol. The molecule has 9 heteroatoms. The molecule has 2 aromatic carbocycles. The Kier molecular flexibility index (Phi) is 9.68. The normalized spacial score (nSPS) is 24.7. The molecule has 2 saturated heterocycles. The van der Waals surface area contributed by atoms with Gasteiger partial charge in [0.2, 0.25) is 6.29 Å². The summed E-state index contributed by atoms with van der Waals surface area (Å²) in [4.78, 5) is 24.1. The van der Waals surface area contributed by atoms with Gasteiger partial charge in [-0.15, -0.1) is 23.5 Å². The fourth-order valence-electron chi connectivity index (χ4n) is 5.50. The molecule has 38 heavy (non-hydrogen) atoms. The summed E-state index contributed by atoms with van der Waals surface area (Å²) in [6.45, 7) is 9.74. The van der Waals surface area contributed by atoms with Crippen LogP contribution in [0.1, 0.15) is 41.0 Å². The summed E-state index contributed by atoms with van der Waals surface area (Å²) in [5, 5.41) is 2.17. The van der Waals surface area contributed by atoms with Crippen molar-refractivity contribution >= 4 is 54.2 Å². The lowest BCUT2D eigenvalue weighted by Crippen LogP contribution is -2.67. The third-order valence-corrected chi connectivity index (χ3v) is 15.2. The van der Waals surface area contributed by atoms with Crippen molar-refractivity contribution in [1.29, 1.82) is 0 Å². The molecule has 0 saturated carbocycles. The maximum atomic E-state index is 12.1. The van der Waals surface area contributed by atoms with Crippen LogP contribution in [-0.2, 0) is 28.2 Å². The van der Waals surface area contributed by atoms with E-state index >= 15 is 0 Å². The average molecular weight is 575 g/mol. The van der Waals surface area contributed by atoms with E-state index in [1.54, 1.807) is 0 Å². The molecule has 0 amide bonds. The van der Waals surface area contributed by atoms with Crippen molar-refractivity contribution in [2.75, 3.05) is 18.1 Å². The molecular formula is C29H38O6S2Si. The van der Waals surface area contributed by atoms with Crippen molar-refractivity contribution in [3.8, 4) is 0 Å². The van der Waals surface area contributed by atoms with E-state index in [9.17, 15) is 9.59 Å². The van der Waals surface area contributed by atoms with Crippen LogP contribution < -0.4 is 10.4 Å². The van der Waals surface area contributed by atoms with Crippen molar-refractivity contribution in [3.63, 3.8) is 0 Å². The molecule has 4 rings (SSSR count). The molecule has 0 aromatic heterocycles. The van der Waals surface area contributed by atoms with Crippen LogP contribution in [0.5, 0.6) is 0 Å². The quantitative estimate of drug-likeness (QED) is 0.335. The molecule has 0 aliphatic carbocycles. The molecule has 2 fully saturated rings. The summed E-state index contributed by atoms with van der Waals surface area (Å²) in [6, 6.07) is 20.9. The average Bonchev–Trinajstić information content (AvgIpc) is 3.20. The molecule has 2 aliphatic rings. The van der Waals surface area contributed by atoms with Gasteiger partial charge in [0, 0.05) is 13.8 Å². The number of rotatable bonds is 8. The van der Waals surface area contributed by atoms with Gasteiger partial charge in [0.1, 0.15) is 0 Å². The van der Waals surface area contributed by atoms with Crippen LogP contribution in [0.4, 0.5) is 0 Å². The first kappa shape index (κ1) is 29.2. The van der Waals surface area contributed by atoms with Crippen molar-refractivity contribution in [1.82, 2.24) is 0 Å². The molecule has 0 unspecified atom stereocenters. The minimum absolute atomic E-state index is 0.140. The maximum absolute atomic E-state index is 12.1. The minimum Gasteiger partial charge on any atom is -0.455 e. The lowest BCUT2D eigenvalue weighted by atomic mass is 10.0. The second kappa shape index (κ2) is 12.6. The van der Waals surface area contributed by atoms with Crippen LogP contribution in [0, 0.1) is 5.92 Å². The van der Waals surface area contributed by atoms with Gasteiger partial charge in [-0.05, 0) is 33.3 Å². The number of thioether (sulfide) groups is 2. The zero-order valence-electron chi connectivity index (χ0n) is 22.8. The first-order chi connectivity index (χ1) is 18.1. The summed E-state index contributed by atoms with van der Waals surface area (Å²) < 4.78 is 25.0. The third kappa shape index (κ3) is 6.33. The Morgan fingerprint density at radius 2 is 1.42 bits per heavy atom. The fraction of sp³-hybridized carbons (Fsp3) is 0.517. The highest BCUT2D eigenvalue weighted by atomic mass is 32.2. The van der Waals surface area contributed by atoms with Crippen LogP contribution in [0.2, 0.25) is 5.04 Å². The predicted octanol–water partition coefficient (Wildman–Crippen LogP) is 4.60. The summed E-state index contributed by atoms with van der Waals surface area (Å²) in [7, 11) is -2.81. The molecule has 0 radical (unpaired) electrons. The van der Waals surface area contributed by atoms with Crippen LogP contribution in [0.3, 0.4) is 0 Å². The third-order valence-electron chi connectivity index (χ3n) is 7.02. The molecule has 4 atom stereocenters. The molecule has 2 aliphatic heterocycles. The van der Waals surface area contributed by atoms with Gasteiger partial charge in [-0.2, -0.15) is 0 Å². The minimum atomic E-state index is -2.81. The van der Waals surface area contributed by atoms with Crippen molar-refractivity contribution in [2.45, 2.75) is 69.2 Å². The smallest absolute Gasteiger partial charge is 0.305 e. The lowest BCUT2D eigenvalue weighted by Gasteiger charge is -2.44. The van der Waals surface area contributed by atoms with E-state index in [0.29, 0.717) is 6.61 Å². The van der Waals surface area contributed by atoms with Crippen LogP contribution in [0.15, 0.2) is 60.7 Å². The van der Waals surface area contributed by atoms with Crippen LogP contribution >= 0.6 is 23.5 Å². The van der Waals surface area contributed by atoms with Crippen LogP contribution in [0.25, 0.3) is 0 Å². The van der Waals surface area contributed by atoms with E-state index in [1.165, 1.54) is 24.2 Å². The molecule has 0 spiro atoms. The predicted molar refractivity (Wildman–Crippen MR) is 156 cm³/mol. The Morgan fingerprint density at radius 3 is 1.89 bits per heavy atom. The first-order valence-corrected chi connectivity index (χ1v) is 17.1. The highest BCUT2D eigenvalue weighted by molar-refractivity contribution is 8.17. The zero-order valence-corrected chi connectivity index (χ0v) is 25.4. The van der Waals surface area contributed by atoms with Gasteiger partial charge in [0.25, 0.3) is 8.32 Å². The van der Waals surface area contributed by atoms with Gasteiger partial charge in [-0.25, -0.2) is 0 Å². The molecule has 2 aromatic rings. The van der Waals surface area contributed by atoms with E-state index in [4.69, 9.17) is 18.6 Å². The molecule has 2 heterocycles. The summed E-state index contributed by atoms with van der Waals surface area (Å²) in [6.07, 6.45) is -0.924. The number of hydrogen-bond donors (Lipinski definition) is 0. The van der Waals surface area contributed by atoms with Gasteiger partial charge in [0.05, 0.1) is 23.2 Å². The fourth-order valence-corrected chi connectivity index (χ4v) is 13.4. The second-order valence-electron chi connectivity index (χ2n) is 10.7. The Labute approximate surface area is 235 Å². The first-order valence-electron chi connectivity index (χ1n) is 13.1. The summed E-state index contributed by atoms with van der Waals surface area (Å²) in [5.41, 5.74) is 0. The standard InChI is InChI=1S/C29H38O6S2Si/c1-20(30)33-26-25(28-36-17-12-18-37-28)24(35-27(26)34-21(2)31)19-32-38(29(3,4)5,22-13-8-6-9-14-22)23-15-10-7-11-16-23/h6-11,13-16,24-28H,12,17-19H2,1-5H3/t24-,25-,26-,27-/m1/s1. The molecule has 6 nitrogen and oxygen atoms in total. The summed E-state index contributed by atoms with van der Waals surface area (Å²) in [5.74, 6) is 0.989.